The van der Waals surface area contributed by atoms with Crippen molar-refractivity contribution in [1.82, 2.24) is 14.3 Å². The van der Waals surface area contributed by atoms with E-state index in [1.54, 1.807) is 9.30 Å². The van der Waals surface area contributed by atoms with E-state index in [0.29, 0.717) is 34.3 Å². The van der Waals surface area contributed by atoms with Crippen molar-refractivity contribution in [3.05, 3.63) is 46.6 Å². The second-order valence-electron chi connectivity index (χ2n) is 5.44. The Balaban J connectivity index is 2.16. The first-order valence-corrected chi connectivity index (χ1v) is 8.75. The minimum absolute atomic E-state index is 0.00823. The molecule has 0 unspecified atom stereocenters. The number of rotatable bonds is 5. The minimum Gasteiger partial charge on any atom is -0.338 e. The van der Waals surface area contributed by atoms with E-state index < -0.39 is 0 Å². The molecule has 3 aromatic rings. The van der Waals surface area contributed by atoms with Crippen molar-refractivity contribution in [3.8, 4) is 11.3 Å². The highest BCUT2D eigenvalue weighted by atomic mass is 32.1. The van der Waals surface area contributed by atoms with Gasteiger partial charge in [0, 0.05) is 24.3 Å². The highest BCUT2D eigenvalue weighted by Crippen LogP contribution is 2.30. The van der Waals surface area contributed by atoms with Gasteiger partial charge in [0.25, 0.3) is 5.91 Å². The standard InChI is InChI=1S/C18H19N3O2S/c1-4-20(5-2)17(23)16-12(3)21-14(11-22)15(19-18(21)24-16)13-9-7-6-8-10-13/h6-11H,4-5H2,1-3H3. The van der Waals surface area contributed by atoms with Crippen molar-refractivity contribution >= 4 is 28.5 Å². The number of hydrogen-bond acceptors (Lipinski definition) is 4. The van der Waals surface area contributed by atoms with E-state index in [-0.39, 0.29) is 5.91 Å². The van der Waals surface area contributed by atoms with Gasteiger partial charge in [-0.1, -0.05) is 41.7 Å². The van der Waals surface area contributed by atoms with Gasteiger partial charge >= 0.3 is 0 Å². The number of fused-ring (bicyclic) bond motifs is 1. The van der Waals surface area contributed by atoms with Gasteiger partial charge in [0.2, 0.25) is 0 Å². The molecule has 2 heterocycles. The number of nitrogens with zero attached hydrogens (tertiary/aromatic N) is 3. The van der Waals surface area contributed by atoms with Crippen LogP contribution in [0.5, 0.6) is 0 Å². The number of imidazole rings is 1. The Morgan fingerprint density at radius 2 is 1.92 bits per heavy atom. The zero-order chi connectivity index (χ0) is 17.3. The van der Waals surface area contributed by atoms with E-state index in [1.165, 1.54) is 11.3 Å². The summed E-state index contributed by atoms with van der Waals surface area (Å²) >= 11 is 1.34. The monoisotopic (exact) mass is 341 g/mol. The third kappa shape index (κ3) is 2.53. The van der Waals surface area contributed by atoms with Crippen molar-refractivity contribution < 1.29 is 9.59 Å². The number of aryl methyl sites for hydroxylation is 1. The predicted molar refractivity (Wildman–Crippen MR) is 95.9 cm³/mol. The maximum atomic E-state index is 12.7. The molecule has 2 aromatic heterocycles. The molecule has 124 valence electrons. The Bertz CT molecular complexity index is 892. The number of benzene rings is 1. The summed E-state index contributed by atoms with van der Waals surface area (Å²) < 4.78 is 1.79. The SMILES string of the molecule is CCN(CC)C(=O)c1sc2nc(-c3ccccc3)c(C=O)n2c1C. The summed E-state index contributed by atoms with van der Waals surface area (Å²) in [6.07, 6.45) is 0.813. The number of thiazole rings is 1. The van der Waals surface area contributed by atoms with Crippen LogP contribution < -0.4 is 0 Å². The normalized spacial score (nSPS) is 11.0. The van der Waals surface area contributed by atoms with Gasteiger partial charge in [-0.25, -0.2) is 4.98 Å². The molecule has 0 aliphatic heterocycles. The second kappa shape index (κ2) is 6.57. The molecule has 0 spiro atoms. The Morgan fingerprint density at radius 3 is 2.50 bits per heavy atom. The van der Waals surface area contributed by atoms with Crippen molar-refractivity contribution in [3.63, 3.8) is 0 Å². The first kappa shape index (κ1) is 16.4. The van der Waals surface area contributed by atoms with Crippen LogP contribution in [0.2, 0.25) is 0 Å². The lowest BCUT2D eigenvalue weighted by molar-refractivity contribution is 0.0776. The van der Waals surface area contributed by atoms with E-state index in [9.17, 15) is 9.59 Å². The van der Waals surface area contributed by atoms with Crippen LogP contribution in [-0.4, -0.2) is 39.6 Å². The molecule has 1 aromatic carbocycles. The molecule has 0 bridgehead atoms. The molecule has 5 nitrogen and oxygen atoms in total. The maximum absolute atomic E-state index is 12.7. The summed E-state index contributed by atoms with van der Waals surface area (Å²) in [4.78, 5) is 32.1. The van der Waals surface area contributed by atoms with E-state index in [2.05, 4.69) is 4.98 Å². The molecule has 6 heteroatoms. The fourth-order valence-corrected chi connectivity index (χ4v) is 3.94. The number of hydrogen-bond donors (Lipinski definition) is 0. The van der Waals surface area contributed by atoms with E-state index in [0.717, 1.165) is 17.5 Å². The smallest absolute Gasteiger partial charge is 0.265 e. The average molecular weight is 341 g/mol. The summed E-state index contributed by atoms with van der Waals surface area (Å²) in [5, 5.41) is 0. The molecule has 0 fully saturated rings. The molecular formula is C18H19N3O2S. The zero-order valence-corrected chi connectivity index (χ0v) is 14.8. The summed E-state index contributed by atoms with van der Waals surface area (Å²) in [5.41, 5.74) is 2.81. The molecule has 24 heavy (non-hydrogen) atoms. The van der Waals surface area contributed by atoms with Crippen molar-refractivity contribution in [2.45, 2.75) is 20.8 Å². The second-order valence-corrected chi connectivity index (χ2v) is 6.42. The van der Waals surface area contributed by atoms with Gasteiger partial charge in [-0.2, -0.15) is 0 Å². The number of aromatic nitrogens is 2. The Hall–Kier alpha value is -2.47. The topological polar surface area (TPSA) is 54.7 Å². The zero-order valence-electron chi connectivity index (χ0n) is 13.9. The molecule has 0 atom stereocenters. The molecule has 0 N–H and O–H groups in total. The lowest BCUT2D eigenvalue weighted by Gasteiger charge is -2.17. The van der Waals surface area contributed by atoms with Crippen LogP contribution in [0.3, 0.4) is 0 Å². The number of carbonyl (C=O) groups excluding carboxylic acids is 2. The number of carbonyl (C=O) groups is 2. The predicted octanol–water partition coefficient (Wildman–Crippen LogP) is 3.67. The van der Waals surface area contributed by atoms with Crippen LogP contribution >= 0.6 is 11.3 Å². The Morgan fingerprint density at radius 1 is 1.25 bits per heavy atom. The third-order valence-corrected chi connectivity index (χ3v) is 5.27. The van der Waals surface area contributed by atoms with Crippen molar-refractivity contribution in [1.29, 1.82) is 0 Å². The van der Waals surface area contributed by atoms with Crippen molar-refractivity contribution in [2.75, 3.05) is 13.1 Å². The first-order chi connectivity index (χ1) is 11.6. The highest BCUT2D eigenvalue weighted by molar-refractivity contribution is 7.19. The van der Waals surface area contributed by atoms with Gasteiger partial charge in [-0.3, -0.25) is 14.0 Å². The Kier molecular flexibility index (Phi) is 4.49. The third-order valence-electron chi connectivity index (χ3n) is 4.14. The van der Waals surface area contributed by atoms with Gasteiger partial charge in [0.05, 0.1) is 0 Å². The lowest BCUT2D eigenvalue weighted by atomic mass is 10.1. The summed E-state index contributed by atoms with van der Waals surface area (Å²) in [5.74, 6) is -0.00823. The van der Waals surface area contributed by atoms with Crippen LogP contribution in [0.4, 0.5) is 0 Å². The van der Waals surface area contributed by atoms with Crippen molar-refractivity contribution in [2.24, 2.45) is 0 Å². The lowest BCUT2D eigenvalue weighted by Crippen LogP contribution is -2.30. The van der Waals surface area contributed by atoms with Crippen LogP contribution in [-0.2, 0) is 0 Å². The molecule has 0 radical (unpaired) electrons. The van der Waals surface area contributed by atoms with Crippen LogP contribution in [0, 0.1) is 6.92 Å². The van der Waals surface area contributed by atoms with Gasteiger partial charge in [0.1, 0.15) is 16.3 Å². The van der Waals surface area contributed by atoms with Crippen LogP contribution in [0.15, 0.2) is 30.3 Å². The van der Waals surface area contributed by atoms with Gasteiger partial charge < -0.3 is 4.90 Å². The van der Waals surface area contributed by atoms with Gasteiger partial charge in [-0.05, 0) is 20.8 Å². The largest absolute Gasteiger partial charge is 0.338 e. The summed E-state index contributed by atoms with van der Waals surface area (Å²) in [6, 6.07) is 9.61. The Labute approximate surface area is 144 Å². The van der Waals surface area contributed by atoms with Crippen LogP contribution in [0.25, 0.3) is 16.2 Å². The number of amides is 1. The number of aldehydes is 1. The van der Waals surface area contributed by atoms with E-state index in [1.807, 2.05) is 51.1 Å². The van der Waals surface area contributed by atoms with E-state index >= 15 is 0 Å². The fourth-order valence-electron chi connectivity index (χ4n) is 2.84. The molecule has 3 rings (SSSR count). The summed E-state index contributed by atoms with van der Waals surface area (Å²) in [6.45, 7) is 7.10. The molecule has 0 saturated carbocycles. The average Bonchev–Trinajstić information content (AvgIpc) is 3.13. The maximum Gasteiger partial charge on any atom is 0.265 e. The quantitative estimate of drug-likeness (QED) is 0.665. The fraction of sp³-hybridized carbons (Fsp3) is 0.278. The van der Waals surface area contributed by atoms with Crippen LogP contribution in [0.1, 0.15) is 39.7 Å². The van der Waals surface area contributed by atoms with Gasteiger partial charge in [-0.15, -0.1) is 0 Å². The molecule has 0 saturated heterocycles. The van der Waals surface area contributed by atoms with Gasteiger partial charge in [0.15, 0.2) is 11.2 Å². The molecule has 1 amide bonds. The molecule has 0 aliphatic rings. The molecule has 0 aliphatic carbocycles. The van der Waals surface area contributed by atoms with E-state index in [4.69, 9.17) is 0 Å². The summed E-state index contributed by atoms with van der Waals surface area (Å²) in [7, 11) is 0. The minimum atomic E-state index is -0.00823. The highest BCUT2D eigenvalue weighted by Gasteiger charge is 2.24. The first-order valence-electron chi connectivity index (χ1n) is 7.94. The molecular weight excluding hydrogens is 322 g/mol.